The summed E-state index contributed by atoms with van der Waals surface area (Å²) in [5.41, 5.74) is 22.6. The lowest BCUT2D eigenvalue weighted by Crippen LogP contribution is -2.62. The number of aryl methyl sites for hydroxylation is 1. The van der Waals surface area contributed by atoms with Crippen LogP contribution in [-0.2, 0) is 29.1 Å². The monoisotopic (exact) mass is 812 g/mol. The lowest BCUT2D eigenvalue weighted by Gasteiger charge is -2.43. The Labute approximate surface area is 366 Å². The van der Waals surface area contributed by atoms with Crippen LogP contribution < -0.4 is 26.2 Å². The van der Waals surface area contributed by atoms with Gasteiger partial charge in [-0.2, -0.15) is 0 Å². The maximum absolute atomic E-state index is 7.30. The Bertz CT molecular complexity index is 2950. The number of nitrogens with zero attached hydrogens (tertiary/aromatic N) is 2. The third-order valence-electron chi connectivity index (χ3n) is 14.6. The first-order valence-corrected chi connectivity index (χ1v) is 23.2. The molecule has 2 aliphatic carbocycles. The summed E-state index contributed by atoms with van der Waals surface area (Å²) in [4.78, 5) is 6.45. The second kappa shape index (κ2) is 12.4. The van der Waals surface area contributed by atoms with Gasteiger partial charge in [0.15, 0.2) is 5.88 Å². The first kappa shape index (κ1) is 37.4. The van der Waals surface area contributed by atoms with E-state index in [4.69, 9.17) is 4.42 Å². The molecular formula is C56H53BN2OS. The van der Waals surface area contributed by atoms with Gasteiger partial charge in [0.25, 0.3) is 6.71 Å². The summed E-state index contributed by atoms with van der Waals surface area (Å²) in [6, 6.07) is 47.2. The third-order valence-corrected chi connectivity index (χ3v) is 15.8. The maximum atomic E-state index is 7.30. The normalized spacial score (nSPS) is 17.2. The van der Waals surface area contributed by atoms with E-state index in [0.717, 1.165) is 35.9 Å². The summed E-state index contributed by atoms with van der Waals surface area (Å²) < 4.78 is 7.30. The zero-order valence-electron chi connectivity index (χ0n) is 37.0. The summed E-state index contributed by atoms with van der Waals surface area (Å²) >= 11 is 2.03. The highest BCUT2D eigenvalue weighted by atomic mass is 32.2. The molecule has 0 N–H and O–H groups in total. The number of fused-ring (bicyclic) bond motifs is 13. The van der Waals surface area contributed by atoms with Gasteiger partial charge in [0.2, 0.25) is 0 Å². The van der Waals surface area contributed by atoms with Crippen molar-refractivity contribution < 1.29 is 4.42 Å². The van der Waals surface area contributed by atoms with E-state index >= 15 is 0 Å². The van der Waals surface area contributed by atoms with Crippen molar-refractivity contribution in [3.05, 3.63) is 166 Å². The van der Waals surface area contributed by atoms with Crippen molar-refractivity contribution >= 4 is 69.2 Å². The molecule has 61 heavy (non-hydrogen) atoms. The number of rotatable bonds is 2. The molecule has 12 rings (SSSR count). The minimum Gasteiger partial charge on any atom is -0.445 e. The van der Waals surface area contributed by atoms with Crippen LogP contribution in [0.1, 0.15) is 100 Å². The minimum absolute atomic E-state index is 0.00652. The Morgan fingerprint density at radius 1 is 0.607 bits per heavy atom. The lowest BCUT2D eigenvalue weighted by molar-refractivity contribution is 0.367. The molecule has 0 fully saturated rings. The van der Waals surface area contributed by atoms with Crippen LogP contribution in [0.25, 0.3) is 11.1 Å². The molecule has 7 aromatic rings. The fourth-order valence-corrected chi connectivity index (χ4v) is 13.1. The second-order valence-corrected chi connectivity index (χ2v) is 22.4. The van der Waals surface area contributed by atoms with Crippen molar-refractivity contribution in [3.63, 3.8) is 0 Å². The number of anilines is 6. The van der Waals surface area contributed by atoms with Gasteiger partial charge in [0.05, 0.1) is 5.41 Å². The van der Waals surface area contributed by atoms with E-state index in [1.165, 1.54) is 94.1 Å². The van der Waals surface area contributed by atoms with Gasteiger partial charge in [-0.1, -0.05) is 134 Å². The Kier molecular flexibility index (Phi) is 7.59. The fourth-order valence-electron chi connectivity index (χ4n) is 11.7. The molecule has 0 saturated carbocycles. The van der Waals surface area contributed by atoms with Crippen molar-refractivity contribution in [3.8, 4) is 11.1 Å². The van der Waals surface area contributed by atoms with Gasteiger partial charge in [-0.3, -0.25) is 4.90 Å². The van der Waals surface area contributed by atoms with Crippen LogP contribution in [0.5, 0.6) is 0 Å². The van der Waals surface area contributed by atoms with Crippen LogP contribution in [0.15, 0.2) is 131 Å². The molecule has 4 heterocycles. The molecule has 0 saturated heterocycles. The zero-order chi connectivity index (χ0) is 42.0. The van der Waals surface area contributed by atoms with E-state index < -0.39 is 0 Å². The summed E-state index contributed by atoms with van der Waals surface area (Å²) in [7, 11) is 0. The van der Waals surface area contributed by atoms with Gasteiger partial charge in [0, 0.05) is 45.5 Å². The van der Waals surface area contributed by atoms with Gasteiger partial charge in [-0.05, 0) is 139 Å². The van der Waals surface area contributed by atoms with Crippen molar-refractivity contribution in [2.75, 3.05) is 15.6 Å². The number of thioether (sulfide) groups is 1. The predicted molar refractivity (Wildman–Crippen MR) is 259 cm³/mol. The van der Waals surface area contributed by atoms with Crippen molar-refractivity contribution in [1.29, 1.82) is 0 Å². The van der Waals surface area contributed by atoms with Gasteiger partial charge in [0.1, 0.15) is 5.76 Å². The molecule has 0 amide bonds. The largest absolute Gasteiger partial charge is 0.445 e. The molecule has 5 aliphatic rings. The Hall–Kier alpha value is -5.39. The molecule has 0 atom stereocenters. The summed E-state index contributed by atoms with van der Waals surface area (Å²) in [6.45, 7) is 20.9. The smallest absolute Gasteiger partial charge is 0.256 e. The van der Waals surface area contributed by atoms with Crippen molar-refractivity contribution in [1.82, 2.24) is 0 Å². The Morgan fingerprint density at radius 2 is 1.16 bits per heavy atom. The fraction of sp³-hybridized carbons (Fsp3) is 0.286. The van der Waals surface area contributed by atoms with Crippen molar-refractivity contribution in [2.45, 2.75) is 96.3 Å². The number of benzene rings is 6. The van der Waals surface area contributed by atoms with Gasteiger partial charge < -0.3 is 9.32 Å². The molecule has 1 aromatic heterocycles. The van der Waals surface area contributed by atoms with Gasteiger partial charge in [-0.25, -0.2) is 0 Å². The van der Waals surface area contributed by atoms with Crippen LogP contribution in [0.2, 0.25) is 0 Å². The van der Waals surface area contributed by atoms with Crippen LogP contribution >= 0.6 is 11.8 Å². The quantitative estimate of drug-likeness (QED) is 0.162. The van der Waals surface area contributed by atoms with E-state index in [1.807, 2.05) is 11.8 Å². The molecule has 0 bridgehead atoms. The highest BCUT2D eigenvalue weighted by molar-refractivity contribution is 7.99. The van der Waals surface area contributed by atoms with E-state index in [-0.39, 0.29) is 28.4 Å². The Balaban J connectivity index is 1.17. The summed E-state index contributed by atoms with van der Waals surface area (Å²) in [5.74, 6) is 3.14. The molecule has 5 heteroatoms. The average Bonchev–Trinajstić information content (AvgIpc) is 3.94. The van der Waals surface area contributed by atoms with Crippen LogP contribution in [0.4, 0.5) is 34.3 Å². The zero-order valence-corrected chi connectivity index (χ0v) is 37.8. The summed E-state index contributed by atoms with van der Waals surface area (Å²) in [5, 5.41) is 0. The van der Waals surface area contributed by atoms with Gasteiger partial charge in [-0.15, -0.1) is 11.8 Å². The van der Waals surface area contributed by atoms with E-state index in [9.17, 15) is 0 Å². The first-order valence-electron chi connectivity index (χ1n) is 22.2. The minimum atomic E-state index is -0.226. The molecule has 3 aliphatic heterocycles. The molecule has 6 aromatic carbocycles. The molecule has 1 spiro atoms. The average molecular weight is 813 g/mol. The van der Waals surface area contributed by atoms with Crippen LogP contribution in [0, 0.1) is 12.3 Å². The SMILES string of the molecule is Cc1cc2c3c(c1)N(c1ccc(C(C)(C)C)cc1)c1oc4c(c1B3c1cc3c(cc1N2c1ccc(C(C)(C)C)cc1)SCC31c2ccccc2-c2ccccc21)CC(C)(C)C4. The molecular weight excluding hydrogens is 760 g/mol. The van der Waals surface area contributed by atoms with Crippen LogP contribution in [-0.4, -0.2) is 12.5 Å². The van der Waals surface area contributed by atoms with Crippen molar-refractivity contribution in [2.24, 2.45) is 5.41 Å². The van der Waals surface area contributed by atoms with Gasteiger partial charge >= 0.3 is 0 Å². The summed E-state index contributed by atoms with van der Waals surface area (Å²) in [6.07, 6.45) is 1.95. The molecule has 3 nitrogen and oxygen atoms in total. The first-order chi connectivity index (χ1) is 29.1. The van der Waals surface area contributed by atoms with E-state index in [1.54, 1.807) is 0 Å². The second-order valence-electron chi connectivity index (χ2n) is 21.3. The molecule has 0 unspecified atom stereocenters. The maximum Gasteiger partial charge on any atom is 0.256 e. The topological polar surface area (TPSA) is 19.6 Å². The lowest BCUT2D eigenvalue weighted by atomic mass is 9.33. The highest BCUT2D eigenvalue weighted by Gasteiger charge is 2.53. The van der Waals surface area contributed by atoms with E-state index in [2.05, 4.69) is 193 Å². The predicted octanol–water partition coefficient (Wildman–Crippen LogP) is 12.8. The van der Waals surface area contributed by atoms with E-state index in [0.29, 0.717) is 0 Å². The Morgan fingerprint density at radius 3 is 1.75 bits per heavy atom. The van der Waals surface area contributed by atoms with Crippen LogP contribution in [0.3, 0.4) is 0 Å². The molecule has 0 radical (unpaired) electrons. The number of hydrogen-bond donors (Lipinski definition) is 0. The molecule has 302 valence electrons. The third kappa shape index (κ3) is 5.19. The standard InChI is InChI=1S/C56H53BN2OS/c1-33-26-46-51-47(27-33)59(37-24-20-35(21-25-37)54(5,6)7)52-50(40-30-55(8,9)31-48(40)60-52)57(51)44-28-43-49(29-45(44)58(46)36-22-18-34(19-23-36)53(2,3)4)61-32-56(43)41-16-12-10-14-38(41)39-15-11-13-17-42(39)56/h10-29H,30-32H2,1-9H3. The number of hydrogen-bond acceptors (Lipinski definition) is 4. The highest BCUT2D eigenvalue weighted by Crippen LogP contribution is 2.60. The number of furan rings is 1.